The van der Waals surface area contributed by atoms with Gasteiger partial charge in [0.15, 0.2) is 5.13 Å². The second-order valence-corrected chi connectivity index (χ2v) is 8.79. The SMILES string of the molecule is C/C(=N\c1sc(N(C)C2C[C@H]3CC[C@@H](C2)N3)nc1C)c1ncc(C)cc1O. The van der Waals surface area contributed by atoms with Crippen molar-refractivity contribution in [2.45, 2.75) is 64.6 Å². The summed E-state index contributed by atoms with van der Waals surface area (Å²) in [5.41, 5.74) is 3.08. The molecular weight excluding hydrogens is 358 g/mol. The molecule has 0 amide bonds. The number of anilines is 1. The number of hydrogen-bond acceptors (Lipinski definition) is 7. The molecule has 0 saturated carbocycles. The molecule has 2 bridgehead atoms. The van der Waals surface area contributed by atoms with Crippen LogP contribution in [0.15, 0.2) is 17.3 Å². The number of pyridine rings is 1. The van der Waals surface area contributed by atoms with Gasteiger partial charge in [-0.05, 0) is 58.1 Å². The van der Waals surface area contributed by atoms with E-state index in [1.165, 1.54) is 25.7 Å². The number of aryl methyl sites for hydroxylation is 2. The standard InChI is InChI=1S/C20H27N5OS/c1-11-7-17(26)18(21-10-11)12(2)22-19-13(3)23-20(27-19)25(4)16-8-14-5-6-15(9-16)24-14/h7,10,14-16,24,26H,5-6,8-9H2,1-4H3/b22-12+/t14-,15+,16?. The number of aliphatic imine (C=N–C) groups is 1. The van der Waals surface area contributed by atoms with E-state index in [2.05, 4.69) is 22.2 Å². The highest BCUT2D eigenvalue weighted by atomic mass is 32.1. The Morgan fingerprint density at radius 2 is 2.00 bits per heavy atom. The molecule has 2 saturated heterocycles. The lowest BCUT2D eigenvalue weighted by Crippen LogP contribution is -2.47. The van der Waals surface area contributed by atoms with Gasteiger partial charge >= 0.3 is 0 Å². The molecule has 2 fully saturated rings. The third-order valence-electron chi connectivity index (χ3n) is 5.67. The highest BCUT2D eigenvalue weighted by Crippen LogP contribution is 2.37. The first kappa shape index (κ1) is 18.4. The molecule has 2 aromatic heterocycles. The first-order chi connectivity index (χ1) is 12.9. The monoisotopic (exact) mass is 385 g/mol. The summed E-state index contributed by atoms with van der Waals surface area (Å²) in [6.07, 6.45) is 6.72. The van der Waals surface area contributed by atoms with Crippen molar-refractivity contribution in [3.8, 4) is 5.75 Å². The quantitative estimate of drug-likeness (QED) is 0.785. The first-order valence-corrected chi connectivity index (χ1v) is 10.4. The van der Waals surface area contributed by atoms with Crippen LogP contribution in [0.5, 0.6) is 5.75 Å². The minimum absolute atomic E-state index is 0.168. The van der Waals surface area contributed by atoms with E-state index in [9.17, 15) is 5.11 Å². The van der Waals surface area contributed by atoms with Crippen LogP contribution in [0.4, 0.5) is 10.1 Å². The first-order valence-electron chi connectivity index (χ1n) is 9.58. The fourth-order valence-corrected chi connectivity index (χ4v) is 5.19. The maximum absolute atomic E-state index is 10.2. The highest BCUT2D eigenvalue weighted by Gasteiger charge is 2.35. The molecule has 4 rings (SSSR count). The van der Waals surface area contributed by atoms with Crippen molar-refractivity contribution in [3.05, 3.63) is 29.2 Å². The summed E-state index contributed by atoms with van der Waals surface area (Å²) < 4.78 is 0. The summed E-state index contributed by atoms with van der Waals surface area (Å²) in [6.45, 7) is 5.78. The second kappa shape index (κ2) is 7.20. The lowest BCUT2D eigenvalue weighted by molar-refractivity contribution is 0.354. The van der Waals surface area contributed by atoms with Crippen LogP contribution in [0.25, 0.3) is 0 Å². The van der Waals surface area contributed by atoms with Crippen molar-refractivity contribution >= 4 is 27.2 Å². The van der Waals surface area contributed by atoms with Gasteiger partial charge in [0.25, 0.3) is 0 Å². The number of aromatic nitrogens is 2. The van der Waals surface area contributed by atoms with E-state index in [0.717, 1.165) is 21.4 Å². The zero-order valence-corrected chi connectivity index (χ0v) is 17.2. The molecular formula is C20H27N5OS. The number of nitrogens with one attached hydrogen (secondary N) is 1. The molecule has 3 atom stereocenters. The summed E-state index contributed by atoms with van der Waals surface area (Å²) >= 11 is 1.61. The number of piperidine rings is 1. The van der Waals surface area contributed by atoms with Crippen molar-refractivity contribution in [2.75, 3.05) is 11.9 Å². The molecule has 2 N–H and O–H groups in total. The largest absolute Gasteiger partial charge is 0.506 e. The number of nitrogens with zero attached hydrogens (tertiary/aromatic N) is 4. The van der Waals surface area contributed by atoms with Gasteiger partial charge in [-0.3, -0.25) is 4.98 Å². The van der Waals surface area contributed by atoms with E-state index in [-0.39, 0.29) is 5.75 Å². The van der Waals surface area contributed by atoms with E-state index in [4.69, 9.17) is 9.98 Å². The van der Waals surface area contributed by atoms with Crippen LogP contribution in [0.3, 0.4) is 0 Å². The molecule has 2 aliphatic heterocycles. The average Bonchev–Trinajstić information content (AvgIpc) is 3.15. The Bertz CT molecular complexity index is 865. The summed E-state index contributed by atoms with van der Waals surface area (Å²) in [4.78, 5) is 16.2. The van der Waals surface area contributed by atoms with Crippen LogP contribution in [-0.2, 0) is 0 Å². The Morgan fingerprint density at radius 1 is 1.30 bits per heavy atom. The number of fused-ring (bicyclic) bond motifs is 2. The van der Waals surface area contributed by atoms with Gasteiger partial charge in [0.05, 0.1) is 11.4 Å². The molecule has 0 aromatic carbocycles. The molecule has 7 heteroatoms. The lowest BCUT2D eigenvalue weighted by Gasteiger charge is -2.35. The maximum atomic E-state index is 10.2. The summed E-state index contributed by atoms with van der Waals surface area (Å²) in [5, 5.41) is 15.8. The molecule has 4 heterocycles. The van der Waals surface area contributed by atoms with Crippen LogP contribution in [0.2, 0.25) is 0 Å². The zero-order valence-electron chi connectivity index (χ0n) is 16.4. The van der Waals surface area contributed by atoms with E-state index in [1.54, 1.807) is 23.6 Å². The molecule has 2 aliphatic rings. The van der Waals surface area contributed by atoms with Crippen LogP contribution in [0.1, 0.15) is 49.6 Å². The fourth-order valence-electron chi connectivity index (χ4n) is 4.17. The van der Waals surface area contributed by atoms with Gasteiger partial charge in [0.1, 0.15) is 16.4 Å². The van der Waals surface area contributed by atoms with E-state index in [0.29, 0.717) is 29.5 Å². The van der Waals surface area contributed by atoms with Crippen LogP contribution < -0.4 is 10.2 Å². The zero-order chi connectivity index (χ0) is 19.1. The summed E-state index contributed by atoms with van der Waals surface area (Å²) in [7, 11) is 2.15. The minimum Gasteiger partial charge on any atom is -0.506 e. The van der Waals surface area contributed by atoms with Gasteiger partial charge in [-0.25, -0.2) is 9.98 Å². The Labute approximate surface area is 164 Å². The molecule has 0 spiro atoms. The molecule has 0 radical (unpaired) electrons. The van der Waals surface area contributed by atoms with Gasteiger partial charge in [0, 0.05) is 31.4 Å². The van der Waals surface area contributed by atoms with Gasteiger partial charge in [0.2, 0.25) is 0 Å². The normalized spacial score (nSPS) is 25.0. The predicted molar refractivity (Wildman–Crippen MR) is 111 cm³/mol. The molecule has 27 heavy (non-hydrogen) atoms. The second-order valence-electron chi connectivity index (χ2n) is 7.84. The van der Waals surface area contributed by atoms with Crippen LogP contribution >= 0.6 is 11.3 Å². The van der Waals surface area contributed by atoms with Crippen LogP contribution in [-0.4, -0.2) is 46.0 Å². The molecule has 1 unspecified atom stereocenters. The number of hydrogen-bond donors (Lipinski definition) is 2. The molecule has 144 valence electrons. The third kappa shape index (κ3) is 3.71. The number of rotatable bonds is 4. The van der Waals surface area contributed by atoms with Crippen molar-refractivity contribution in [3.63, 3.8) is 0 Å². The average molecular weight is 386 g/mol. The van der Waals surface area contributed by atoms with E-state index < -0.39 is 0 Å². The highest BCUT2D eigenvalue weighted by molar-refractivity contribution is 7.19. The predicted octanol–water partition coefficient (Wildman–Crippen LogP) is 3.72. The maximum Gasteiger partial charge on any atom is 0.187 e. The van der Waals surface area contributed by atoms with Crippen molar-refractivity contribution in [1.29, 1.82) is 0 Å². The van der Waals surface area contributed by atoms with E-state index in [1.807, 2.05) is 20.8 Å². The summed E-state index contributed by atoms with van der Waals surface area (Å²) in [5.74, 6) is 0.168. The Hall–Kier alpha value is -1.99. The molecule has 2 aromatic rings. The Morgan fingerprint density at radius 3 is 2.67 bits per heavy atom. The van der Waals surface area contributed by atoms with Gasteiger partial charge in [-0.2, -0.15) is 0 Å². The molecule has 6 nitrogen and oxygen atoms in total. The Balaban J connectivity index is 1.56. The van der Waals surface area contributed by atoms with Gasteiger partial charge in [-0.1, -0.05) is 11.3 Å². The van der Waals surface area contributed by atoms with Gasteiger partial charge < -0.3 is 15.3 Å². The topological polar surface area (TPSA) is 73.6 Å². The van der Waals surface area contributed by atoms with E-state index >= 15 is 0 Å². The van der Waals surface area contributed by atoms with Crippen molar-refractivity contribution in [2.24, 2.45) is 4.99 Å². The number of thiazole rings is 1. The van der Waals surface area contributed by atoms with Gasteiger partial charge in [-0.15, -0.1) is 0 Å². The van der Waals surface area contributed by atoms with Crippen molar-refractivity contribution < 1.29 is 5.11 Å². The van der Waals surface area contributed by atoms with Crippen molar-refractivity contribution in [1.82, 2.24) is 15.3 Å². The lowest BCUT2D eigenvalue weighted by atomic mass is 9.99. The smallest absolute Gasteiger partial charge is 0.187 e. The minimum atomic E-state index is 0.168. The number of aromatic hydroxyl groups is 1. The van der Waals surface area contributed by atoms with Crippen LogP contribution in [0, 0.1) is 13.8 Å². The third-order valence-corrected chi connectivity index (χ3v) is 6.82. The fraction of sp³-hybridized carbons (Fsp3) is 0.550. The Kier molecular flexibility index (Phi) is 4.90. The summed E-state index contributed by atoms with van der Waals surface area (Å²) in [6, 6.07) is 3.57. The molecule has 0 aliphatic carbocycles.